The van der Waals surface area contributed by atoms with E-state index in [2.05, 4.69) is 26.2 Å². The molecule has 2 atom stereocenters. The summed E-state index contributed by atoms with van der Waals surface area (Å²) < 4.78 is 14.5. The van der Waals surface area contributed by atoms with Crippen LogP contribution in [0, 0.1) is 5.82 Å². The summed E-state index contributed by atoms with van der Waals surface area (Å²) in [6, 6.07) is 7.19. The van der Waals surface area contributed by atoms with E-state index >= 15 is 0 Å². The normalized spacial score (nSPS) is 13.9. The SMILES string of the molecule is NC(O)C(Nc1cncc(Br)c1)c1ccccc1F. The number of pyridine rings is 1. The molecule has 0 aliphatic heterocycles. The molecule has 0 aliphatic carbocycles. The van der Waals surface area contributed by atoms with E-state index in [-0.39, 0.29) is 0 Å². The van der Waals surface area contributed by atoms with Gasteiger partial charge in [-0.1, -0.05) is 18.2 Å². The molecule has 0 spiro atoms. The molecule has 4 N–H and O–H groups in total. The monoisotopic (exact) mass is 325 g/mol. The lowest BCUT2D eigenvalue weighted by atomic mass is 10.0. The Labute approximate surface area is 118 Å². The molecule has 0 amide bonds. The molecule has 6 heteroatoms. The number of anilines is 1. The lowest BCUT2D eigenvalue weighted by Gasteiger charge is -2.23. The van der Waals surface area contributed by atoms with E-state index in [1.807, 2.05) is 0 Å². The Morgan fingerprint density at radius 3 is 2.68 bits per heavy atom. The third-order valence-electron chi connectivity index (χ3n) is 2.61. The molecule has 1 aromatic heterocycles. The second kappa shape index (κ2) is 6.10. The first kappa shape index (κ1) is 13.9. The molecule has 0 saturated carbocycles. The number of nitrogens with one attached hydrogen (secondary N) is 1. The highest BCUT2D eigenvalue weighted by atomic mass is 79.9. The number of benzene rings is 1. The molecule has 2 unspecified atom stereocenters. The summed E-state index contributed by atoms with van der Waals surface area (Å²) in [6.45, 7) is 0. The van der Waals surface area contributed by atoms with Crippen LogP contribution in [-0.2, 0) is 0 Å². The van der Waals surface area contributed by atoms with Crippen molar-refractivity contribution >= 4 is 21.6 Å². The predicted molar refractivity (Wildman–Crippen MR) is 74.9 cm³/mol. The maximum absolute atomic E-state index is 13.8. The number of aliphatic hydroxyl groups excluding tert-OH is 1. The van der Waals surface area contributed by atoms with Gasteiger partial charge in [0.2, 0.25) is 0 Å². The molecule has 2 rings (SSSR count). The number of rotatable bonds is 4. The van der Waals surface area contributed by atoms with Crippen LogP contribution in [0.2, 0.25) is 0 Å². The van der Waals surface area contributed by atoms with Gasteiger partial charge in [0.05, 0.1) is 17.9 Å². The van der Waals surface area contributed by atoms with Crippen LogP contribution in [-0.4, -0.2) is 16.3 Å². The summed E-state index contributed by atoms with van der Waals surface area (Å²) in [4.78, 5) is 3.99. The Hall–Kier alpha value is -1.50. The zero-order valence-electron chi connectivity index (χ0n) is 9.92. The summed E-state index contributed by atoms with van der Waals surface area (Å²) in [5, 5.41) is 12.6. The highest BCUT2D eigenvalue weighted by Gasteiger charge is 2.21. The summed E-state index contributed by atoms with van der Waals surface area (Å²) in [7, 11) is 0. The van der Waals surface area contributed by atoms with Gasteiger partial charge in [0.1, 0.15) is 12.0 Å². The highest BCUT2D eigenvalue weighted by molar-refractivity contribution is 9.10. The molecule has 0 saturated heterocycles. The maximum atomic E-state index is 13.8. The molecular formula is C13H13BrFN3O. The van der Waals surface area contributed by atoms with Gasteiger partial charge in [-0.2, -0.15) is 0 Å². The Balaban J connectivity index is 2.29. The lowest BCUT2D eigenvalue weighted by Crippen LogP contribution is -2.33. The van der Waals surface area contributed by atoms with Gasteiger partial charge in [0.25, 0.3) is 0 Å². The third-order valence-corrected chi connectivity index (χ3v) is 3.04. The molecule has 100 valence electrons. The Morgan fingerprint density at radius 1 is 1.32 bits per heavy atom. The van der Waals surface area contributed by atoms with E-state index in [4.69, 9.17) is 5.73 Å². The number of halogens is 2. The molecule has 0 bridgehead atoms. The number of nitrogens with two attached hydrogens (primary N) is 1. The minimum absolute atomic E-state index is 0.303. The zero-order valence-corrected chi connectivity index (χ0v) is 11.5. The number of nitrogens with zero attached hydrogens (tertiary/aromatic N) is 1. The van der Waals surface area contributed by atoms with Gasteiger partial charge in [-0.3, -0.25) is 4.98 Å². The fourth-order valence-corrected chi connectivity index (χ4v) is 2.11. The molecular weight excluding hydrogens is 313 g/mol. The van der Waals surface area contributed by atoms with Crippen LogP contribution in [0.1, 0.15) is 11.6 Å². The molecule has 4 nitrogen and oxygen atoms in total. The van der Waals surface area contributed by atoms with Gasteiger partial charge >= 0.3 is 0 Å². The van der Waals surface area contributed by atoms with Crippen molar-refractivity contribution < 1.29 is 9.50 Å². The van der Waals surface area contributed by atoms with Crippen LogP contribution >= 0.6 is 15.9 Å². The standard InChI is InChI=1S/C13H13BrFN3O/c14-8-5-9(7-17-6-8)18-12(13(16)19)10-3-1-2-4-11(10)15/h1-7,12-13,18-19H,16H2. The van der Waals surface area contributed by atoms with Gasteiger partial charge in [0.15, 0.2) is 0 Å². The van der Waals surface area contributed by atoms with Crippen LogP contribution in [0.5, 0.6) is 0 Å². The van der Waals surface area contributed by atoms with Crippen molar-refractivity contribution in [3.63, 3.8) is 0 Å². The number of aromatic nitrogens is 1. The van der Waals surface area contributed by atoms with E-state index in [1.54, 1.807) is 36.7 Å². The van der Waals surface area contributed by atoms with Gasteiger partial charge in [-0.05, 0) is 28.1 Å². The summed E-state index contributed by atoms with van der Waals surface area (Å²) in [6.07, 6.45) is 1.96. The maximum Gasteiger partial charge on any atom is 0.128 e. The van der Waals surface area contributed by atoms with Crippen LogP contribution in [0.25, 0.3) is 0 Å². The van der Waals surface area contributed by atoms with Crippen LogP contribution in [0.15, 0.2) is 47.2 Å². The minimum Gasteiger partial charge on any atom is -0.376 e. The number of hydrogen-bond acceptors (Lipinski definition) is 4. The first-order chi connectivity index (χ1) is 9.08. The predicted octanol–water partition coefficient (Wildman–Crippen LogP) is 2.41. The Morgan fingerprint density at radius 2 is 2.05 bits per heavy atom. The Kier molecular flexibility index (Phi) is 4.47. The summed E-state index contributed by atoms with van der Waals surface area (Å²) >= 11 is 3.29. The van der Waals surface area contributed by atoms with Gasteiger partial charge < -0.3 is 16.2 Å². The van der Waals surface area contributed by atoms with Crippen LogP contribution in [0.3, 0.4) is 0 Å². The van der Waals surface area contributed by atoms with Gasteiger partial charge in [-0.15, -0.1) is 0 Å². The van der Waals surface area contributed by atoms with Crippen molar-refractivity contribution in [1.29, 1.82) is 0 Å². The topological polar surface area (TPSA) is 71.2 Å². The van der Waals surface area contributed by atoms with Crippen molar-refractivity contribution in [2.24, 2.45) is 5.73 Å². The van der Waals surface area contributed by atoms with Crippen molar-refractivity contribution in [2.75, 3.05) is 5.32 Å². The molecule has 1 heterocycles. The number of aliphatic hydroxyl groups is 1. The number of hydrogen-bond donors (Lipinski definition) is 3. The first-order valence-electron chi connectivity index (χ1n) is 5.63. The van der Waals surface area contributed by atoms with Crippen molar-refractivity contribution in [2.45, 2.75) is 12.3 Å². The van der Waals surface area contributed by atoms with Crippen molar-refractivity contribution in [3.8, 4) is 0 Å². The van der Waals surface area contributed by atoms with Gasteiger partial charge in [0, 0.05) is 16.2 Å². The lowest BCUT2D eigenvalue weighted by molar-refractivity contribution is 0.158. The molecule has 19 heavy (non-hydrogen) atoms. The molecule has 2 aromatic rings. The summed E-state index contributed by atoms with van der Waals surface area (Å²) in [5.74, 6) is -0.424. The fraction of sp³-hybridized carbons (Fsp3) is 0.154. The van der Waals surface area contributed by atoms with E-state index in [0.717, 1.165) is 4.47 Å². The fourth-order valence-electron chi connectivity index (χ4n) is 1.74. The average Bonchev–Trinajstić information content (AvgIpc) is 2.37. The minimum atomic E-state index is -1.24. The first-order valence-corrected chi connectivity index (χ1v) is 6.42. The van der Waals surface area contributed by atoms with E-state index < -0.39 is 18.1 Å². The molecule has 0 fully saturated rings. The third kappa shape index (κ3) is 3.50. The van der Waals surface area contributed by atoms with E-state index in [0.29, 0.717) is 11.3 Å². The highest BCUT2D eigenvalue weighted by Crippen LogP contribution is 2.24. The largest absolute Gasteiger partial charge is 0.376 e. The van der Waals surface area contributed by atoms with Crippen LogP contribution in [0.4, 0.5) is 10.1 Å². The average molecular weight is 326 g/mol. The van der Waals surface area contributed by atoms with Crippen LogP contribution < -0.4 is 11.1 Å². The van der Waals surface area contributed by atoms with Crippen molar-refractivity contribution in [3.05, 3.63) is 58.6 Å². The quantitative estimate of drug-likeness (QED) is 0.755. The zero-order chi connectivity index (χ0) is 13.8. The Bertz CT molecular complexity index is 565. The smallest absolute Gasteiger partial charge is 0.128 e. The van der Waals surface area contributed by atoms with Crippen molar-refractivity contribution in [1.82, 2.24) is 4.98 Å². The van der Waals surface area contributed by atoms with Gasteiger partial charge in [-0.25, -0.2) is 4.39 Å². The molecule has 1 aromatic carbocycles. The molecule has 0 aliphatic rings. The molecule has 0 radical (unpaired) electrons. The second-order valence-corrected chi connectivity index (χ2v) is 4.94. The van der Waals surface area contributed by atoms with E-state index in [1.165, 1.54) is 6.07 Å². The second-order valence-electron chi connectivity index (χ2n) is 4.03. The summed E-state index contributed by atoms with van der Waals surface area (Å²) in [5.41, 5.74) is 6.45. The van der Waals surface area contributed by atoms with E-state index in [9.17, 15) is 9.50 Å².